The molecular formula is C25H21ClN4O3. The molecule has 0 aliphatic heterocycles. The predicted molar refractivity (Wildman–Crippen MR) is 128 cm³/mol. The van der Waals surface area contributed by atoms with Crippen LogP contribution in [0.3, 0.4) is 0 Å². The highest BCUT2D eigenvalue weighted by Crippen LogP contribution is 2.30. The van der Waals surface area contributed by atoms with Crippen molar-refractivity contribution in [1.29, 1.82) is 0 Å². The molecule has 0 saturated heterocycles. The van der Waals surface area contributed by atoms with Gasteiger partial charge in [-0.2, -0.15) is 4.68 Å². The molecule has 0 unspecified atom stereocenters. The van der Waals surface area contributed by atoms with Gasteiger partial charge in [0.1, 0.15) is 11.6 Å². The van der Waals surface area contributed by atoms with Crippen LogP contribution in [0.15, 0.2) is 75.9 Å². The molecule has 0 saturated carbocycles. The van der Waals surface area contributed by atoms with E-state index in [0.29, 0.717) is 16.3 Å². The Labute approximate surface area is 194 Å². The summed E-state index contributed by atoms with van der Waals surface area (Å²) >= 11 is 6.31. The van der Waals surface area contributed by atoms with Crippen LogP contribution in [0.25, 0.3) is 33.9 Å². The molecule has 8 heteroatoms. The van der Waals surface area contributed by atoms with E-state index < -0.39 is 5.76 Å². The van der Waals surface area contributed by atoms with Crippen LogP contribution in [0, 0.1) is 0 Å². The van der Waals surface area contributed by atoms with Crippen molar-refractivity contribution in [3.05, 3.63) is 87.9 Å². The van der Waals surface area contributed by atoms with Gasteiger partial charge in [-0.25, -0.2) is 9.78 Å². The van der Waals surface area contributed by atoms with Crippen molar-refractivity contribution in [2.24, 2.45) is 0 Å². The summed E-state index contributed by atoms with van der Waals surface area (Å²) in [5, 5.41) is 4.78. The molecule has 33 heavy (non-hydrogen) atoms. The third-order valence-electron chi connectivity index (χ3n) is 5.07. The van der Waals surface area contributed by atoms with Gasteiger partial charge >= 0.3 is 5.76 Å². The fraction of sp³-hybridized carbons (Fsp3) is 0.160. The number of fused-ring (bicyclic) bond motifs is 1. The standard InChI is InChI=1S/C25H21ClN4O3/c1-15(2)32-22-11-9-18(13-19(22)26)24-29-30(25(31)33-24)14-16-8-10-20-21(12-16)28-23(27-20)17-6-4-3-5-7-17/h3-13,15H,14H2,1-2H3,(H,27,28). The van der Waals surface area contributed by atoms with Crippen molar-refractivity contribution in [2.75, 3.05) is 0 Å². The maximum Gasteiger partial charge on any atom is 0.437 e. The molecule has 0 bridgehead atoms. The van der Waals surface area contributed by atoms with Crippen molar-refractivity contribution >= 4 is 22.6 Å². The van der Waals surface area contributed by atoms with E-state index in [9.17, 15) is 4.79 Å². The molecule has 0 radical (unpaired) electrons. The van der Waals surface area contributed by atoms with Gasteiger partial charge in [0.2, 0.25) is 5.89 Å². The monoisotopic (exact) mass is 460 g/mol. The SMILES string of the molecule is CC(C)Oc1ccc(-c2nn(Cc3ccc4[nH]c(-c5ccccc5)nc4c3)c(=O)o2)cc1Cl. The molecule has 7 nitrogen and oxygen atoms in total. The number of benzene rings is 3. The molecule has 0 aliphatic rings. The zero-order chi connectivity index (χ0) is 22.9. The first-order chi connectivity index (χ1) is 16.0. The Morgan fingerprint density at radius 3 is 2.64 bits per heavy atom. The highest BCUT2D eigenvalue weighted by molar-refractivity contribution is 6.32. The van der Waals surface area contributed by atoms with Crippen molar-refractivity contribution in [1.82, 2.24) is 19.7 Å². The molecule has 5 rings (SSSR count). The Morgan fingerprint density at radius 1 is 1.06 bits per heavy atom. The second-order valence-electron chi connectivity index (χ2n) is 7.95. The van der Waals surface area contributed by atoms with Crippen LogP contribution in [0.5, 0.6) is 5.75 Å². The number of halogens is 1. The van der Waals surface area contributed by atoms with Gasteiger partial charge in [-0.15, -0.1) is 5.10 Å². The van der Waals surface area contributed by atoms with Crippen LogP contribution >= 0.6 is 11.6 Å². The van der Waals surface area contributed by atoms with E-state index in [1.54, 1.807) is 18.2 Å². The van der Waals surface area contributed by atoms with Gasteiger partial charge in [0.25, 0.3) is 0 Å². The minimum absolute atomic E-state index is 0.00104. The lowest BCUT2D eigenvalue weighted by Gasteiger charge is -2.11. The van der Waals surface area contributed by atoms with Gasteiger partial charge in [0.05, 0.1) is 28.7 Å². The van der Waals surface area contributed by atoms with Crippen LogP contribution < -0.4 is 10.5 Å². The number of ether oxygens (including phenoxy) is 1. The zero-order valence-corrected chi connectivity index (χ0v) is 18.8. The first-order valence-electron chi connectivity index (χ1n) is 10.5. The number of hydrogen-bond donors (Lipinski definition) is 1. The fourth-order valence-electron chi connectivity index (χ4n) is 3.56. The zero-order valence-electron chi connectivity index (χ0n) is 18.1. The number of rotatable bonds is 6. The number of aromatic nitrogens is 4. The van der Waals surface area contributed by atoms with Gasteiger partial charge in [-0.3, -0.25) is 0 Å². The molecule has 2 heterocycles. The lowest BCUT2D eigenvalue weighted by atomic mass is 10.2. The van der Waals surface area contributed by atoms with Gasteiger partial charge in [0, 0.05) is 11.1 Å². The van der Waals surface area contributed by atoms with E-state index in [2.05, 4.69) is 15.1 Å². The quantitative estimate of drug-likeness (QED) is 0.359. The molecular weight excluding hydrogens is 440 g/mol. The van der Waals surface area contributed by atoms with Crippen molar-refractivity contribution in [3.8, 4) is 28.6 Å². The molecule has 3 aromatic carbocycles. The molecule has 0 aliphatic carbocycles. The van der Waals surface area contributed by atoms with Crippen molar-refractivity contribution in [3.63, 3.8) is 0 Å². The average molecular weight is 461 g/mol. The highest BCUT2D eigenvalue weighted by atomic mass is 35.5. The van der Waals surface area contributed by atoms with Crippen molar-refractivity contribution < 1.29 is 9.15 Å². The van der Waals surface area contributed by atoms with Gasteiger partial charge in [0.15, 0.2) is 0 Å². The van der Waals surface area contributed by atoms with E-state index in [1.807, 2.05) is 62.4 Å². The Morgan fingerprint density at radius 2 is 1.88 bits per heavy atom. The normalized spacial score (nSPS) is 11.4. The summed E-state index contributed by atoms with van der Waals surface area (Å²) in [5.41, 5.74) is 4.23. The summed E-state index contributed by atoms with van der Waals surface area (Å²) in [6.07, 6.45) is 0.00104. The van der Waals surface area contributed by atoms with Crippen LogP contribution in [0.2, 0.25) is 5.02 Å². The van der Waals surface area contributed by atoms with E-state index in [0.717, 1.165) is 28.0 Å². The van der Waals surface area contributed by atoms with E-state index in [1.165, 1.54) is 4.68 Å². The lowest BCUT2D eigenvalue weighted by molar-refractivity contribution is 0.242. The van der Waals surface area contributed by atoms with E-state index in [-0.39, 0.29) is 18.5 Å². The number of aromatic amines is 1. The molecule has 2 aromatic heterocycles. The van der Waals surface area contributed by atoms with E-state index >= 15 is 0 Å². The maximum absolute atomic E-state index is 12.4. The number of hydrogen-bond acceptors (Lipinski definition) is 5. The molecule has 1 N–H and O–H groups in total. The Bertz CT molecular complexity index is 1480. The maximum atomic E-state index is 12.4. The third kappa shape index (κ3) is 4.40. The summed E-state index contributed by atoms with van der Waals surface area (Å²) in [6.45, 7) is 4.11. The summed E-state index contributed by atoms with van der Waals surface area (Å²) in [6, 6.07) is 20.9. The molecule has 5 aromatic rings. The Hall–Kier alpha value is -3.84. The Balaban J connectivity index is 1.40. The topological polar surface area (TPSA) is 85.9 Å². The van der Waals surface area contributed by atoms with Gasteiger partial charge in [-0.05, 0) is 49.7 Å². The smallest absolute Gasteiger partial charge is 0.437 e. The van der Waals surface area contributed by atoms with Gasteiger partial charge in [-0.1, -0.05) is 48.0 Å². The van der Waals surface area contributed by atoms with E-state index in [4.69, 9.17) is 20.8 Å². The first-order valence-corrected chi connectivity index (χ1v) is 10.9. The number of nitrogens with zero attached hydrogens (tertiary/aromatic N) is 3. The number of H-pyrrole nitrogens is 1. The largest absolute Gasteiger partial charge is 0.489 e. The predicted octanol–water partition coefficient (Wildman–Crippen LogP) is 5.54. The second-order valence-corrected chi connectivity index (χ2v) is 8.35. The minimum atomic E-state index is -0.546. The molecule has 0 amide bonds. The van der Waals surface area contributed by atoms with Crippen LogP contribution in [-0.2, 0) is 6.54 Å². The fourth-order valence-corrected chi connectivity index (χ4v) is 3.79. The number of imidazole rings is 1. The lowest BCUT2D eigenvalue weighted by Crippen LogP contribution is -2.16. The average Bonchev–Trinajstić information content (AvgIpc) is 3.39. The Kier molecular flexibility index (Phi) is 5.48. The molecule has 0 atom stereocenters. The molecule has 0 spiro atoms. The van der Waals surface area contributed by atoms with Crippen LogP contribution in [0.1, 0.15) is 19.4 Å². The van der Waals surface area contributed by atoms with Crippen LogP contribution in [-0.4, -0.2) is 25.9 Å². The summed E-state index contributed by atoms with van der Waals surface area (Å²) in [4.78, 5) is 20.4. The van der Waals surface area contributed by atoms with Crippen molar-refractivity contribution in [2.45, 2.75) is 26.5 Å². The number of nitrogens with one attached hydrogen (secondary N) is 1. The molecule has 166 valence electrons. The van der Waals surface area contributed by atoms with Gasteiger partial charge < -0.3 is 14.1 Å². The third-order valence-corrected chi connectivity index (χ3v) is 5.37. The highest BCUT2D eigenvalue weighted by Gasteiger charge is 2.14. The molecule has 0 fully saturated rings. The minimum Gasteiger partial charge on any atom is -0.489 e. The summed E-state index contributed by atoms with van der Waals surface area (Å²) in [5.74, 6) is 1.02. The summed E-state index contributed by atoms with van der Waals surface area (Å²) < 4.78 is 12.3. The first kappa shape index (κ1) is 21.0. The summed E-state index contributed by atoms with van der Waals surface area (Å²) in [7, 11) is 0. The van der Waals surface area contributed by atoms with Crippen LogP contribution in [0.4, 0.5) is 0 Å². The second kappa shape index (κ2) is 8.60.